The topological polar surface area (TPSA) is 57.5 Å². The van der Waals surface area contributed by atoms with Gasteiger partial charge in [0.25, 0.3) is 0 Å². The average Bonchev–Trinajstić information content (AvgIpc) is 2.49. The smallest absolute Gasteiger partial charge is 0.145 e. The van der Waals surface area contributed by atoms with Gasteiger partial charge in [-0.3, -0.25) is 4.79 Å². The maximum atomic E-state index is 10.9. The van der Waals surface area contributed by atoms with E-state index < -0.39 is 6.10 Å². The number of fused-ring (bicyclic) bond motifs is 1. The van der Waals surface area contributed by atoms with Gasteiger partial charge in [0.2, 0.25) is 0 Å². The van der Waals surface area contributed by atoms with Gasteiger partial charge in [-0.05, 0) is 66.4 Å². The number of carbonyl (C=O) groups is 1. The fraction of sp³-hybridized carbons (Fsp3) is 0.737. The molecule has 0 aromatic heterocycles. The number of carbonyl (C=O) groups excluding carboxylic acids is 1. The van der Waals surface area contributed by atoms with Crippen LogP contribution in [0.4, 0.5) is 0 Å². The Bertz CT molecular complexity index is 481. The van der Waals surface area contributed by atoms with E-state index in [0.717, 1.165) is 43.1 Å². The third-order valence-electron chi connectivity index (χ3n) is 6.45. The molecule has 0 aromatic carbocycles. The van der Waals surface area contributed by atoms with Crippen molar-refractivity contribution in [1.29, 1.82) is 0 Å². The molecule has 0 spiro atoms. The molecule has 3 heteroatoms. The van der Waals surface area contributed by atoms with E-state index in [1.54, 1.807) is 0 Å². The molecule has 0 bridgehead atoms. The van der Waals surface area contributed by atoms with Crippen molar-refractivity contribution >= 4 is 6.29 Å². The first-order valence-electron chi connectivity index (χ1n) is 8.38. The molecule has 0 saturated heterocycles. The quantitative estimate of drug-likeness (QED) is 0.476. The second-order valence-corrected chi connectivity index (χ2v) is 7.90. The van der Waals surface area contributed by atoms with Crippen molar-refractivity contribution in [2.24, 2.45) is 22.7 Å². The maximum absolute atomic E-state index is 10.9. The number of rotatable bonds is 4. The number of aliphatic hydroxyl groups is 2. The number of aldehydes is 1. The van der Waals surface area contributed by atoms with Gasteiger partial charge >= 0.3 is 0 Å². The molecular weight excluding hydrogens is 276 g/mol. The van der Waals surface area contributed by atoms with Crippen molar-refractivity contribution in [1.82, 2.24) is 0 Å². The van der Waals surface area contributed by atoms with Crippen molar-refractivity contribution in [3.8, 4) is 0 Å². The van der Waals surface area contributed by atoms with Crippen LogP contribution in [0.15, 0.2) is 23.8 Å². The van der Waals surface area contributed by atoms with Crippen molar-refractivity contribution < 1.29 is 15.0 Å². The first-order valence-corrected chi connectivity index (χ1v) is 8.38. The van der Waals surface area contributed by atoms with Gasteiger partial charge < -0.3 is 10.2 Å². The molecule has 2 fully saturated rings. The predicted octanol–water partition coefficient (Wildman–Crippen LogP) is 3.26. The lowest BCUT2D eigenvalue weighted by molar-refractivity contribution is -0.107. The molecule has 22 heavy (non-hydrogen) atoms. The van der Waals surface area contributed by atoms with Crippen molar-refractivity contribution in [2.45, 2.75) is 59.0 Å². The number of hydrogen-bond donors (Lipinski definition) is 2. The second kappa shape index (κ2) is 6.29. The van der Waals surface area contributed by atoms with Crippen molar-refractivity contribution in [3.63, 3.8) is 0 Å². The van der Waals surface area contributed by atoms with E-state index in [-0.39, 0.29) is 29.3 Å². The van der Waals surface area contributed by atoms with Crippen LogP contribution in [0.2, 0.25) is 0 Å². The van der Waals surface area contributed by atoms with E-state index in [1.165, 1.54) is 0 Å². The molecule has 0 unspecified atom stereocenters. The van der Waals surface area contributed by atoms with Gasteiger partial charge in [0.1, 0.15) is 6.29 Å². The molecule has 2 rings (SSSR count). The lowest BCUT2D eigenvalue weighted by Gasteiger charge is -2.59. The van der Waals surface area contributed by atoms with Crippen LogP contribution in [0.25, 0.3) is 0 Å². The third kappa shape index (κ3) is 2.81. The second-order valence-electron chi connectivity index (χ2n) is 7.90. The molecule has 2 saturated carbocycles. The van der Waals surface area contributed by atoms with Gasteiger partial charge in [-0.25, -0.2) is 0 Å². The van der Waals surface area contributed by atoms with Crippen LogP contribution in [0, 0.1) is 22.7 Å². The summed E-state index contributed by atoms with van der Waals surface area (Å²) in [6.45, 7) is 10.6. The van der Waals surface area contributed by atoms with Crippen LogP contribution in [0.5, 0.6) is 0 Å². The molecule has 2 aliphatic rings. The fourth-order valence-corrected chi connectivity index (χ4v) is 4.98. The van der Waals surface area contributed by atoms with Gasteiger partial charge in [-0.1, -0.05) is 32.9 Å². The molecule has 124 valence electrons. The zero-order valence-corrected chi connectivity index (χ0v) is 14.1. The molecule has 0 aromatic rings. The lowest BCUT2D eigenvalue weighted by atomic mass is 9.46. The molecule has 0 aliphatic heterocycles. The van der Waals surface area contributed by atoms with Crippen LogP contribution in [-0.4, -0.2) is 29.2 Å². The van der Waals surface area contributed by atoms with Crippen LogP contribution in [0.3, 0.4) is 0 Å². The van der Waals surface area contributed by atoms with Crippen LogP contribution in [0.1, 0.15) is 52.9 Å². The maximum Gasteiger partial charge on any atom is 0.145 e. The minimum absolute atomic E-state index is 0.0334. The van der Waals surface area contributed by atoms with E-state index >= 15 is 0 Å². The summed E-state index contributed by atoms with van der Waals surface area (Å²) in [4.78, 5) is 10.9. The first kappa shape index (κ1) is 17.4. The van der Waals surface area contributed by atoms with Crippen molar-refractivity contribution in [2.75, 3.05) is 6.61 Å². The largest absolute Gasteiger partial charge is 0.396 e. The highest BCUT2D eigenvalue weighted by Crippen LogP contribution is 2.61. The average molecular weight is 306 g/mol. The van der Waals surface area contributed by atoms with Crippen LogP contribution in [-0.2, 0) is 4.79 Å². The Hall–Kier alpha value is -0.930. The Morgan fingerprint density at radius 1 is 1.41 bits per heavy atom. The summed E-state index contributed by atoms with van der Waals surface area (Å²) in [5.74, 6) is 0.455. The number of aliphatic hydroxyl groups excluding tert-OH is 2. The van der Waals surface area contributed by atoms with Gasteiger partial charge in [0.05, 0.1) is 6.10 Å². The molecule has 2 aliphatic carbocycles. The molecule has 0 amide bonds. The van der Waals surface area contributed by atoms with E-state index in [1.807, 2.05) is 13.0 Å². The van der Waals surface area contributed by atoms with Crippen LogP contribution < -0.4 is 0 Å². The Balaban J connectivity index is 2.37. The molecule has 3 nitrogen and oxygen atoms in total. The van der Waals surface area contributed by atoms with E-state index in [9.17, 15) is 15.0 Å². The van der Waals surface area contributed by atoms with Crippen LogP contribution >= 0.6 is 0 Å². The Morgan fingerprint density at radius 2 is 2.09 bits per heavy atom. The highest BCUT2D eigenvalue weighted by atomic mass is 16.3. The standard InChI is InChI=1S/C19H30O3/c1-13(11-20)6-7-15-14(2)16(22)10-17-18(3,12-21)8-5-9-19(15,17)4/h6,11,15-17,21-22H,2,5,7-10,12H2,1,3-4H3/b13-6+/t15-,16-,17-,18-,19+/m1/s1. The Kier molecular flexibility index (Phi) is 4.98. The SMILES string of the molecule is C=C1[C@H](O)C[C@@H]2[C@@](C)(CO)CCC[C@@]2(C)[C@@H]1C/C=C(\C)C=O. The Labute approximate surface area is 134 Å². The van der Waals surface area contributed by atoms with Gasteiger partial charge in [0.15, 0.2) is 0 Å². The first-order chi connectivity index (χ1) is 10.3. The third-order valence-corrected chi connectivity index (χ3v) is 6.45. The predicted molar refractivity (Wildman–Crippen MR) is 88.3 cm³/mol. The highest BCUT2D eigenvalue weighted by molar-refractivity contribution is 5.71. The lowest BCUT2D eigenvalue weighted by Crippen LogP contribution is -2.54. The zero-order chi connectivity index (χ0) is 16.5. The molecule has 0 heterocycles. The van der Waals surface area contributed by atoms with E-state index in [4.69, 9.17) is 0 Å². The summed E-state index contributed by atoms with van der Waals surface area (Å²) in [6, 6.07) is 0. The summed E-state index contributed by atoms with van der Waals surface area (Å²) in [5, 5.41) is 20.4. The summed E-state index contributed by atoms with van der Waals surface area (Å²) < 4.78 is 0. The summed E-state index contributed by atoms with van der Waals surface area (Å²) >= 11 is 0. The normalized spacial score (nSPS) is 42.9. The summed E-state index contributed by atoms with van der Waals surface area (Å²) in [7, 11) is 0. The fourth-order valence-electron chi connectivity index (χ4n) is 4.98. The summed E-state index contributed by atoms with van der Waals surface area (Å²) in [5.41, 5.74) is 1.53. The van der Waals surface area contributed by atoms with E-state index in [0.29, 0.717) is 6.42 Å². The minimum atomic E-state index is -0.503. The van der Waals surface area contributed by atoms with E-state index in [2.05, 4.69) is 20.4 Å². The van der Waals surface area contributed by atoms with Gasteiger partial charge in [-0.15, -0.1) is 0 Å². The molecule has 2 N–H and O–H groups in total. The van der Waals surface area contributed by atoms with Crippen molar-refractivity contribution in [3.05, 3.63) is 23.8 Å². The Morgan fingerprint density at radius 3 is 2.68 bits per heavy atom. The summed E-state index contributed by atoms with van der Waals surface area (Å²) in [6.07, 6.45) is 6.98. The number of allylic oxidation sites excluding steroid dienone is 2. The zero-order valence-electron chi connectivity index (χ0n) is 14.1. The molecule has 5 atom stereocenters. The van der Waals surface area contributed by atoms with Gasteiger partial charge in [0, 0.05) is 6.61 Å². The molecular formula is C19H30O3. The monoisotopic (exact) mass is 306 g/mol. The highest BCUT2D eigenvalue weighted by Gasteiger charge is 2.55. The van der Waals surface area contributed by atoms with Gasteiger partial charge in [-0.2, -0.15) is 0 Å². The minimum Gasteiger partial charge on any atom is -0.396 e. The molecule has 0 radical (unpaired) electrons. The number of hydrogen-bond acceptors (Lipinski definition) is 3.